The van der Waals surface area contributed by atoms with Gasteiger partial charge in [-0.15, -0.1) is 24.8 Å². The van der Waals surface area contributed by atoms with E-state index in [0.717, 1.165) is 31.9 Å². The van der Waals surface area contributed by atoms with Crippen molar-refractivity contribution >= 4 is 30.5 Å². The van der Waals surface area contributed by atoms with E-state index >= 15 is 0 Å². The summed E-state index contributed by atoms with van der Waals surface area (Å²) in [5, 5.41) is 3.52. The topological polar surface area (TPSA) is 44.0 Å². The molecule has 25 heavy (non-hydrogen) atoms. The van der Waals surface area contributed by atoms with Crippen LogP contribution in [0.1, 0.15) is 11.3 Å². The van der Waals surface area contributed by atoms with E-state index in [1.807, 2.05) is 6.20 Å². The van der Waals surface area contributed by atoms with Crippen molar-refractivity contribution in [2.45, 2.75) is 13.1 Å². The fraction of sp³-hybridized carbons (Fsp3) is 0.211. The number of imidazole rings is 1. The van der Waals surface area contributed by atoms with Gasteiger partial charge in [0.25, 0.3) is 0 Å². The van der Waals surface area contributed by atoms with Gasteiger partial charge in [-0.3, -0.25) is 0 Å². The maximum Gasteiger partial charge on any atom is 0.0922 e. The molecular formula is C19H22Cl2N4. The Morgan fingerprint density at radius 2 is 1.84 bits per heavy atom. The molecule has 1 aromatic heterocycles. The number of benzene rings is 2. The molecule has 0 saturated heterocycles. The Morgan fingerprint density at radius 3 is 2.60 bits per heavy atom. The maximum atomic E-state index is 4.12. The monoisotopic (exact) mass is 376 g/mol. The summed E-state index contributed by atoms with van der Waals surface area (Å²) in [6.45, 7) is 3.76. The SMILES string of the molecule is Cl.Cl.c1ccc(-c2ccc3c(c2)CNCCN3Cc2cnc[nH]2)cc1. The molecule has 0 amide bonds. The number of anilines is 1. The summed E-state index contributed by atoms with van der Waals surface area (Å²) in [5.41, 5.74) is 6.34. The second-order valence-electron chi connectivity index (χ2n) is 5.88. The molecule has 0 spiro atoms. The molecule has 4 rings (SSSR count). The average molecular weight is 377 g/mol. The van der Waals surface area contributed by atoms with Crippen molar-refractivity contribution in [1.82, 2.24) is 15.3 Å². The molecule has 2 aromatic carbocycles. The second kappa shape index (κ2) is 8.90. The molecule has 0 saturated carbocycles. The van der Waals surface area contributed by atoms with Crippen LogP contribution in [0, 0.1) is 0 Å². The largest absolute Gasteiger partial charge is 0.364 e. The van der Waals surface area contributed by atoms with Crippen LogP contribution < -0.4 is 10.2 Å². The van der Waals surface area contributed by atoms with Gasteiger partial charge in [0.1, 0.15) is 0 Å². The lowest BCUT2D eigenvalue weighted by Crippen LogP contribution is -2.28. The summed E-state index contributed by atoms with van der Waals surface area (Å²) >= 11 is 0. The van der Waals surface area contributed by atoms with E-state index in [2.05, 4.69) is 68.7 Å². The molecule has 0 fully saturated rings. The average Bonchev–Trinajstić information content (AvgIpc) is 3.03. The van der Waals surface area contributed by atoms with E-state index in [1.54, 1.807) is 6.33 Å². The van der Waals surface area contributed by atoms with Crippen molar-refractivity contribution in [2.75, 3.05) is 18.0 Å². The van der Waals surface area contributed by atoms with Gasteiger partial charge in [-0.25, -0.2) is 4.98 Å². The molecule has 3 aromatic rings. The fourth-order valence-electron chi connectivity index (χ4n) is 3.14. The third kappa shape index (κ3) is 4.34. The number of hydrogen-bond donors (Lipinski definition) is 2. The number of nitrogens with one attached hydrogen (secondary N) is 2. The molecule has 1 aliphatic rings. The van der Waals surface area contributed by atoms with Crippen molar-refractivity contribution in [3.05, 3.63) is 72.3 Å². The first-order valence-electron chi connectivity index (χ1n) is 8.01. The van der Waals surface area contributed by atoms with Crippen LogP contribution in [-0.4, -0.2) is 23.1 Å². The Hall–Kier alpha value is -2.01. The molecule has 0 atom stereocenters. The van der Waals surface area contributed by atoms with Gasteiger partial charge >= 0.3 is 0 Å². The van der Waals surface area contributed by atoms with Gasteiger partial charge in [0.2, 0.25) is 0 Å². The van der Waals surface area contributed by atoms with Crippen LogP contribution in [0.2, 0.25) is 0 Å². The number of nitrogens with zero attached hydrogens (tertiary/aromatic N) is 2. The second-order valence-corrected chi connectivity index (χ2v) is 5.88. The summed E-state index contributed by atoms with van der Waals surface area (Å²) in [6.07, 6.45) is 3.64. The Labute approximate surface area is 160 Å². The number of fused-ring (bicyclic) bond motifs is 1. The number of halogens is 2. The standard InChI is InChI=1S/C19H20N4.2ClH/c1-2-4-15(5-3-1)16-6-7-19-17(10-16)11-20-8-9-23(19)13-18-12-21-14-22-18;;/h1-7,10,12,14,20H,8-9,11,13H2,(H,21,22);2*1H. The summed E-state index contributed by atoms with van der Waals surface area (Å²) in [6, 6.07) is 17.3. The van der Waals surface area contributed by atoms with Crippen LogP contribution in [-0.2, 0) is 13.1 Å². The number of aromatic nitrogens is 2. The normalized spacial score (nSPS) is 13.2. The predicted molar refractivity (Wildman–Crippen MR) is 108 cm³/mol. The van der Waals surface area contributed by atoms with Crippen LogP contribution >= 0.6 is 24.8 Å². The van der Waals surface area contributed by atoms with Crippen molar-refractivity contribution in [3.8, 4) is 11.1 Å². The number of H-pyrrole nitrogens is 1. The van der Waals surface area contributed by atoms with Crippen molar-refractivity contribution in [2.24, 2.45) is 0 Å². The van der Waals surface area contributed by atoms with Crippen LogP contribution in [0.3, 0.4) is 0 Å². The Kier molecular flexibility index (Phi) is 6.88. The first kappa shape index (κ1) is 19.3. The zero-order valence-corrected chi connectivity index (χ0v) is 15.4. The molecule has 0 aliphatic carbocycles. The summed E-state index contributed by atoms with van der Waals surface area (Å²) in [4.78, 5) is 9.74. The van der Waals surface area contributed by atoms with Gasteiger partial charge in [0.05, 0.1) is 18.6 Å². The highest BCUT2D eigenvalue weighted by atomic mass is 35.5. The lowest BCUT2D eigenvalue weighted by molar-refractivity contribution is 0.685. The molecule has 0 unspecified atom stereocenters. The molecule has 0 radical (unpaired) electrons. The minimum absolute atomic E-state index is 0. The van der Waals surface area contributed by atoms with Gasteiger partial charge in [0, 0.05) is 31.5 Å². The Bertz CT molecular complexity index is 775. The van der Waals surface area contributed by atoms with Crippen molar-refractivity contribution in [1.29, 1.82) is 0 Å². The fourth-order valence-corrected chi connectivity index (χ4v) is 3.14. The van der Waals surface area contributed by atoms with E-state index < -0.39 is 0 Å². The summed E-state index contributed by atoms with van der Waals surface area (Å²) in [7, 11) is 0. The molecular weight excluding hydrogens is 355 g/mol. The lowest BCUT2D eigenvalue weighted by atomic mass is 10.0. The van der Waals surface area contributed by atoms with Crippen molar-refractivity contribution in [3.63, 3.8) is 0 Å². The number of hydrogen-bond acceptors (Lipinski definition) is 3. The Morgan fingerprint density at radius 1 is 1.00 bits per heavy atom. The van der Waals surface area contributed by atoms with E-state index in [1.165, 1.54) is 22.4 Å². The lowest BCUT2D eigenvalue weighted by Gasteiger charge is -2.24. The highest BCUT2D eigenvalue weighted by Crippen LogP contribution is 2.29. The highest BCUT2D eigenvalue weighted by Gasteiger charge is 2.16. The van der Waals surface area contributed by atoms with E-state index in [4.69, 9.17) is 0 Å². The molecule has 132 valence electrons. The number of rotatable bonds is 3. The van der Waals surface area contributed by atoms with E-state index in [0.29, 0.717) is 0 Å². The number of aromatic amines is 1. The van der Waals surface area contributed by atoms with Gasteiger partial charge in [-0.1, -0.05) is 36.4 Å². The highest BCUT2D eigenvalue weighted by molar-refractivity contribution is 5.85. The van der Waals surface area contributed by atoms with Gasteiger partial charge in [0.15, 0.2) is 0 Å². The smallest absolute Gasteiger partial charge is 0.0922 e. The van der Waals surface area contributed by atoms with Crippen molar-refractivity contribution < 1.29 is 0 Å². The minimum Gasteiger partial charge on any atom is -0.364 e. The van der Waals surface area contributed by atoms with Gasteiger partial charge < -0.3 is 15.2 Å². The third-order valence-electron chi connectivity index (χ3n) is 4.32. The summed E-state index contributed by atoms with van der Waals surface area (Å²) < 4.78 is 0. The predicted octanol–water partition coefficient (Wildman–Crippen LogP) is 4.03. The van der Waals surface area contributed by atoms with Crippen LogP contribution in [0.5, 0.6) is 0 Å². The first-order valence-corrected chi connectivity index (χ1v) is 8.01. The van der Waals surface area contributed by atoms with Gasteiger partial charge in [-0.05, 0) is 28.8 Å². The molecule has 2 N–H and O–H groups in total. The van der Waals surface area contributed by atoms with Crippen LogP contribution in [0.4, 0.5) is 5.69 Å². The quantitative estimate of drug-likeness (QED) is 0.724. The third-order valence-corrected chi connectivity index (χ3v) is 4.32. The van der Waals surface area contributed by atoms with Gasteiger partial charge in [-0.2, -0.15) is 0 Å². The zero-order valence-electron chi connectivity index (χ0n) is 13.8. The molecule has 1 aliphatic heterocycles. The molecule has 0 bridgehead atoms. The maximum absolute atomic E-state index is 4.12. The molecule has 4 nitrogen and oxygen atoms in total. The van der Waals surface area contributed by atoms with E-state index in [9.17, 15) is 0 Å². The first-order chi connectivity index (χ1) is 11.4. The van der Waals surface area contributed by atoms with E-state index in [-0.39, 0.29) is 24.8 Å². The zero-order chi connectivity index (χ0) is 15.5. The molecule has 2 heterocycles. The van der Waals surface area contributed by atoms with Crippen LogP contribution in [0.15, 0.2) is 61.1 Å². The summed E-state index contributed by atoms with van der Waals surface area (Å²) in [5.74, 6) is 0. The Balaban J connectivity index is 0.00000113. The van der Waals surface area contributed by atoms with Crippen LogP contribution in [0.25, 0.3) is 11.1 Å². The minimum atomic E-state index is 0. The molecule has 6 heteroatoms.